The van der Waals surface area contributed by atoms with Crippen LogP contribution in [-0.4, -0.2) is 11.9 Å². The number of carbonyl (C=O) groups is 2. The monoisotopic (exact) mass is 236 g/mol. The third kappa shape index (κ3) is 10.6. The van der Waals surface area contributed by atoms with Crippen molar-refractivity contribution < 1.29 is 40.2 Å². The van der Waals surface area contributed by atoms with Crippen molar-refractivity contribution in [2.45, 2.75) is 19.3 Å². The first kappa shape index (κ1) is 12.3. The molecule has 0 unspecified atom stereocenters. The summed E-state index contributed by atoms with van der Waals surface area (Å²) < 4.78 is 0. The van der Waals surface area contributed by atoms with Gasteiger partial charge in [0.25, 0.3) is 0 Å². The molecule has 0 heterocycles. The number of aliphatic carboxylic acids is 2. The van der Waals surface area contributed by atoms with Crippen molar-refractivity contribution in [2.24, 2.45) is 0 Å². The van der Waals surface area contributed by atoms with E-state index in [1.807, 2.05) is 0 Å². The van der Waals surface area contributed by atoms with Crippen LogP contribution in [-0.2, 0) is 30.0 Å². The summed E-state index contributed by atoms with van der Waals surface area (Å²) in [6, 6.07) is 0. The fourth-order valence-corrected chi connectivity index (χ4v) is 0.377. The molecule has 0 N–H and O–H groups in total. The summed E-state index contributed by atoms with van der Waals surface area (Å²) in [4.78, 5) is 19.3. The number of carbonyl (C=O) groups excluding carboxylic acids is 2. The van der Waals surface area contributed by atoms with Crippen LogP contribution in [0, 0.1) is 0 Å². The third-order valence-electron chi connectivity index (χ3n) is 0.762. The van der Waals surface area contributed by atoms with Crippen LogP contribution in [0.4, 0.5) is 0 Å². The van der Waals surface area contributed by atoms with E-state index < -0.39 is 11.9 Å². The van der Waals surface area contributed by atoms with Crippen molar-refractivity contribution >= 4 is 11.9 Å². The fraction of sp³-hybridized carbons (Fsp3) is 0.600. The number of carboxylic acid groups (broad SMARTS) is 2. The zero-order chi connectivity index (χ0) is 7.28. The fourth-order valence-electron chi connectivity index (χ4n) is 0.377. The quantitative estimate of drug-likeness (QED) is 0.512. The number of hydrogen-bond donors (Lipinski definition) is 0. The minimum atomic E-state index is -1.23. The van der Waals surface area contributed by atoms with E-state index >= 15 is 0 Å². The van der Waals surface area contributed by atoms with Crippen molar-refractivity contribution in [1.29, 1.82) is 0 Å². The maximum Gasteiger partial charge on any atom is 2.00 e. The molecule has 0 spiro atoms. The average molecular weight is 237 g/mol. The molecule has 60 valence electrons. The van der Waals surface area contributed by atoms with Crippen LogP contribution in [0.1, 0.15) is 19.3 Å². The first-order valence-electron chi connectivity index (χ1n) is 2.52. The van der Waals surface area contributed by atoms with E-state index in [1.165, 1.54) is 0 Å². The number of hydrogen-bond acceptors (Lipinski definition) is 4. The Balaban J connectivity index is 0. The summed E-state index contributed by atoms with van der Waals surface area (Å²) in [7, 11) is 0. The molecule has 0 rings (SSSR count). The van der Waals surface area contributed by atoms with Gasteiger partial charge in [-0.05, 0) is 19.3 Å². The van der Waals surface area contributed by atoms with Gasteiger partial charge in [-0.25, -0.2) is 0 Å². The second kappa shape index (κ2) is 6.72. The molecule has 10 heavy (non-hydrogen) atoms. The van der Waals surface area contributed by atoms with Gasteiger partial charge in [0.2, 0.25) is 0 Å². The molecule has 0 bridgehead atoms. The Morgan fingerprint density at radius 3 is 1.50 bits per heavy atom. The van der Waals surface area contributed by atoms with Crippen molar-refractivity contribution in [3.8, 4) is 0 Å². The summed E-state index contributed by atoms with van der Waals surface area (Å²) in [6.07, 6.45) is -0.341. The summed E-state index contributed by atoms with van der Waals surface area (Å²) >= 11 is 0. The van der Waals surface area contributed by atoms with Crippen molar-refractivity contribution in [1.82, 2.24) is 0 Å². The van der Waals surface area contributed by atoms with Gasteiger partial charge < -0.3 is 19.8 Å². The molecular weight excluding hydrogens is 230 g/mol. The van der Waals surface area contributed by atoms with Gasteiger partial charge in [-0.2, -0.15) is 0 Å². The molecule has 0 saturated carbocycles. The Labute approximate surface area is 71.9 Å². The molecule has 5 heteroatoms. The summed E-state index contributed by atoms with van der Waals surface area (Å²) in [5.74, 6) is -2.45. The molecule has 0 fully saturated rings. The molecular formula is C5H6O4Pd. The van der Waals surface area contributed by atoms with Crippen LogP contribution in [0.5, 0.6) is 0 Å². The van der Waals surface area contributed by atoms with E-state index in [2.05, 4.69) is 0 Å². The second-order valence-electron chi connectivity index (χ2n) is 1.60. The minimum Gasteiger partial charge on any atom is -0.550 e. The maximum absolute atomic E-state index is 9.66. The van der Waals surface area contributed by atoms with E-state index in [1.54, 1.807) is 0 Å². The molecule has 4 nitrogen and oxygen atoms in total. The zero-order valence-corrected chi connectivity index (χ0v) is 6.63. The molecule has 0 radical (unpaired) electrons. The largest absolute Gasteiger partial charge is 2.00 e. The van der Waals surface area contributed by atoms with Crippen molar-refractivity contribution in [2.75, 3.05) is 0 Å². The Hall–Kier alpha value is -0.398. The Kier molecular flexibility index (Phi) is 8.26. The molecule has 0 atom stereocenters. The van der Waals surface area contributed by atoms with Crippen molar-refractivity contribution in [3.05, 3.63) is 0 Å². The predicted molar refractivity (Wildman–Crippen MR) is 23.9 cm³/mol. The molecule has 0 aliphatic rings. The van der Waals surface area contributed by atoms with Crippen molar-refractivity contribution in [3.63, 3.8) is 0 Å². The first-order chi connectivity index (χ1) is 4.13. The van der Waals surface area contributed by atoms with E-state index in [4.69, 9.17) is 0 Å². The molecule has 0 amide bonds. The van der Waals surface area contributed by atoms with Gasteiger partial charge in [-0.15, -0.1) is 0 Å². The van der Waals surface area contributed by atoms with E-state index in [0.29, 0.717) is 0 Å². The first-order valence-corrected chi connectivity index (χ1v) is 2.52. The number of rotatable bonds is 4. The normalized spacial score (nSPS) is 8.00. The van der Waals surface area contributed by atoms with Gasteiger partial charge in [-0.1, -0.05) is 0 Å². The predicted octanol–water partition coefficient (Wildman–Crippen LogP) is -2.35. The van der Waals surface area contributed by atoms with E-state index in [-0.39, 0.29) is 39.7 Å². The molecule has 0 aromatic rings. The van der Waals surface area contributed by atoms with Gasteiger partial charge in [0.05, 0.1) is 0 Å². The molecule has 0 aliphatic heterocycles. The van der Waals surface area contributed by atoms with Gasteiger partial charge >= 0.3 is 20.4 Å². The average Bonchev–Trinajstić information content (AvgIpc) is 1.63. The maximum atomic E-state index is 9.66. The number of carboxylic acids is 2. The van der Waals surface area contributed by atoms with E-state index in [0.717, 1.165) is 0 Å². The Bertz CT molecular complexity index is 109. The van der Waals surface area contributed by atoms with Gasteiger partial charge in [-0.3, -0.25) is 0 Å². The van der Waals surface area contributed by atoms with Crippen LogP contribution in [0.3, 0.4) is 0 Å². The Morgan fingerprint density at radius 2 is 1.30 bits per heavy atom. The summed E-state index contributed by atoms with van der Waals surface area (Å²) in [5.41, 5.74) is 0. The topological polar surface area (TPSA) is 80.3 Å². The second-order valence-corrected chi connectivity index (χ2v) is 1.60. The van der Waals surface area contributed by atoms with Crippen LogP contribution in [0.15, 0.2) is 0 Å². The van der Waals surface area contributed by atoms with Crippen LogP contribution >= 0.6 is 0 Å². The molecule has 0 aliphatic carbocycles. The SMILES string of the molecule is O=C([O-])CCCC(=O)[O-].[Pd+2]. The van der Waals surface area contributed by atoms with E-state index in [9.17, 15) is 19.8 Å². The van der Waals surface area contributed by atoms with Gasteiger partial charge in [0.15, 0.2) is 0 Å². The zero-order valence-electron chi connectivity index (χ0n) is 5.07. The van der Waals surface area contributed by atoms with Gasteiger partial charge in [0, 0.05) is 11.9 Å². The molecule has 0 aromatic heterocycles. The van der Waals surface area contributed by atoms with Crippen LogP contribution < -0.4 is 10.2 Å². The van der Waals surface area contributed by atoms with Crippen LogP contribution in [0.2, 0.25) is 0 Å². The summed E-state index contributed by atoms with van der Waals surface area (Å²) in [6.45, 7) is 0. The minimum absolute atomic E-state index is 0. The third-order valence-corrected chi connectivity index (χ3v) is 0.762. The molecule has 0 saturated heterocycles. The Morgan fingerprint density at radius 1 is 1.00 bits per heavy atom. The molecule has 0 aromatic carbocycles. The standard InChI is InChI=1S/C5H8O4.Pd/c6-4(7)2-1-3-5(8)9;/h1-3H2,(H,6,7)(H,8,9);/q;+2/p-2. The smallest absolute Gasteiger partial charge is 0.550 e. The van der Waals surface area contributed by atoms with Gasteiger partial charge in [0.1, 0.15) is 0 Å². The van der Waals surface area contributed by atoms with Crippen LogP contribution in [0.25, 0.3) is 0 Å². The summed E-state index contributed by atoms with van der Waals surface area (Å²) in [5, 5.41) is 19.3.